The van der Waals surface area contributed by atoms with Gasteiger partial charge in [-0.1, -0.05) is 24.3 Å². The number of carbonyl (C=O) groups excluding carboxylic acids is 1. The molecule has 0 unspecified atom stereocenters. The highest BCUT2D eigenvalue weighted by molar-refractivity contribution is 5.95. The molecule has 1 saturated heterocycles. The summed E-state index contributed by atoms with van der Waals surface area (Å²) >= 11 is 0. The molecule has 2 aliphatic rings. The van der Waals surface area contributed by atoms with E-state index in [-0.39, 0.29) is 17.2 Å². The normalized spacial score (nSPS) is 16.1. The van der Waals surface area contributed by atoms with Gasteiger partial charge < -0.3 is 15.3 Å². The van der Waals surface area contributed by atoms with Crippen LogP contribution in [0.15, 0.2) is 58.5 Å². The van der Waals surface area contributed by atoms with Crippen molar-refractivity contribution in [2.24, 2.45) is 0 Å². The first-order chi connectivity index (χ1) is 16.4. The smallest absolute Gasteiger partial charge is 0.333 e. The number of hydrogen-bond acceptors (Lipinski definition) is 5. The monoisotopic (exact) mass is 462 g/mol. The van der Waals surface area contributed by atoms with Crippen LogP contribution in [0, 0.1) is 5.82 Å². The van der Waals surface area contributed by atoms with E-state index in [9.17, 15) is 23.9 Å². The Hall–Kier alpha value is -4.01. The number of H-pyrrole nitrogens is 1. The zero-order valence-electron chi connectivity index (χ0n) is 18.3. The number of amides is 1. The number of carbonyl (C=O) groups is 2. The average Bonchev–Trinajstić information content (AvgIpc) is 3.27. The van der Waals surface area contributed by atoms with Gasteiger partial charge in [0.05, 0.1) is 28.3 Å². The van der Waals surface area contributed by atoms with Crippen LogP contribution >= 0.6 is 0 Å². The van der Waals surface area contributed by atoms with Crippen molar-refractivity contribution in [3.63, 3.8) is 0 Å². The molecule has 2 heterocycles. The Kier molecular flexibility index (Phi) is 5.61. The van der Waals surface area contributed by atoms with Gasteiger partial charge in [0.1, 0.15) is 5.82 Å². The summed E-state index contributed by atoms with van der Waals surface area (Å²) in [6.45, 7) is 0.760. The van der Waals surface area contributed by atoms with Crippen LogP contribution in [0.25, 0.3) is 10.8 Å². The molecule has 1 fully saturated rings. The number of carboxylic acid groups (broad SMARTS) is 1. The van der Waals surface area contributed by atoms with E-state index in [2.05, 4.69) is 15.5 Å². The molecule has 1 aliphatic carbocycles. The van der Waals surface area contributed by atoms with Crippen LogP contribution in [0.1, 0.15) is 40.9 Å². The van der Waals surface area contributed by atoms with Crippen LogP contribution in [-0.2, 0) is 11.2 Å². The Labute approximate surface area is 194 Å². The molecule has 174 valence electrons. The maximum absolute atomic E-state index is 14.6. The predicted octanol–water partition coefficient (Wildman–Crippen LogP) is 2.59. The van der Waals surface area contributed by atoms with Crippen molar-refractivity contribution in [2.45, 2.75) is 31.7 Å². The molecule has 0 atom stereocenters. The molecule has 0 radical (unpaired) electrons. The molecule has 0 saturated carbocycles. The third-order valence-electron chi connectivity index (χ3n) is 6.43. The van der Waals surface area contributed by atoms with E-state index in [4.69, 9.17) is 0 Å². The SMILES string of the molecule is O=C(O)C1=C(NC2CN(C(=O)c3cc(Cc4n[nH]c(=O)c5ccccc45)ccc3F)C2)CCC1. The molecule has 1 amide bonds. The summed E-state index contributed by atoms with van der Waals surface area (Å²) in [7, 11) is 0. The number of fused-ring (bicyclic) bond motifs is 1. The van der Waals surface area contributed by atoms with Gasteiger partial charge in [-0.3, -0.25) is 9.59 Å². The fourth-order valence-electron chi connectivity index (χ4n) is 4.64. The van der Waals surface area contributed by atoms with E-state index in [1.54, 1.807) is 23.1 Å². The van der Waals surface area contributed by atoms with Crippen molar-refractivity contribution in [1.82, 2.24) is 20.4 Å². The molecule has 0 spiro atoms. The summed E-state index contributed by atoms with van der Waals surface area (Å²) < 4.78 is 14.6. The maximum atomic E-state index is 14.6. The van der Waals surface area contributed by atoms with Crippen LogP contribution in [0.3, 0.4) is 0 Å². The highest BCUT2D eigenvalue weighted by atomic mass is 19.1. The number of nitrogens with zero attached hydrogens (tertiary/aromatic N) is 2. The van der Waals surface area contributed by atoms with Crippen molar-refractivity contribution in [3.05, 3.63) is 86.7 Å². The molecule has 34 heavy (non-hydrogen) atoms. The largest absolute Gasteiger partial charge is 0.478 e. The lowest BCUT2D eigenvalue weighted by Crippen LogP contribution is -2.59. The van der Waals surface area contributed by atoms with Crippen molar-refractivity contribution in [3.8, 4) is 0 Å². The van der Waals surface area contributed by atoms with Crippen molar-refractivity contribution in [1.29, 1.82) is 0 Å². The zero-order chi connectivity index (χ0) is 23.8. The van der Waals surface area contributed by atoms with Gasteiger partial charge in [-0.25, -0.2) is 14.3 Å². The van der Waals surface area contributed by atoms with Crippen LogP contribution in [0.4, 0.5) is 4.39 Å². The number of carboxylic acids is 1. The van der Waals surface area contributed by atoms with E-state index in [1.807, 2.05) is 12.1 Å². The predicted molar refractivity (Wildman–Crippen MR) is 123 cm³/mol. The summed E-state index contributed by atoms with van der Waals surface area (Å²) in [5, 5.41) is 20.4. The lowest BCUT2D eigenvalue weighted by Gasteiger charge is -2.40. The summed E-state index contributed by atoms with van der Waals surface area (Å²) in [5.41, 5.74) is 2.18. The Bertz CT molecular complexity index is 1390. The van der Waals surface area contributed by atoms with Crippen molar-refractivity contribution in [2.75, 3.05) is 13.1 Å². The number of aliphatic carboxylic acids is 1. The molecule has 2 aromatic carbocycles. The summed E-state index contributed by atoms with van der Waals surface area (Å²) in [4.78, 5) is 37.8. The topological polar surface area (TPSA) is 115 Å². The standard InChI is InChI=1S/C25H23FN4O4/c26-20-9-8-14(11-22-16-4-1-2-5-17(16)23(31)29-28-22)10-19(20)24(32)30-12-15(13-30)27-21-7-3-6-18(21)25(33)34/h1-2,4-5,8-10,15,27H,3,6-7,11-13H2,(H,29,31)(H,33,34). The van der Waals surface area contributed by atoms with E-state index < -0.39 is 17.7 Å². The third-order valence-corrected chi connectivity index (χ3v) is 6.43. The lowest BCUT2D eigenvalue weighted by atomic mass is 10.0. The van der Waals surface area contributed by atoms with Crippen LogP contribution in [-0.4, -0.2) is 51.2 Å². The van der Waals surface area contributed by atoms with Gasteiger partial charge in [0.25, 0.3) is 11.5 Å². The second kappa shape index (κ2) is 8.74. The number of hydrogen-bond donors (Lipinski definition) is 3. The fourth-order valence-corrected chi connectivity index (χ4v) is 4.64. The summed E-state index contributed by atoms with van der Waals surface area (Å²) in [6.07, 6.45) is 2.37. The molecule has 1 aromatic heterocycles. The molecule has 1 aliphatic heterocycles. The Morgan fingerprint density at radius 2 is 1.91 bits per heavy atom. The average molecular weight is 462 g/mol. The highest BCUT2D eigenvalue weighted by Crippen LogP contribution is 2.26. The van der Waals surface area contributed by atoms with Gasteiger partial charge in [-0.05, 0) is 43.0 Å². The molecular weight excluding hydrogens is 439 g/mol. The summed E-state index contributed by atoms with van der Waals surface area (Å²) in [6, 6.07) is 11.5. The first-order valence-electron chi connectivity index (χ1n) is 11.2. The molecule has 3 aromatic rings. The van der Waals surface area contributed by atoms with Gasteiger partial charge in [0.15, 0.2) is 0 Å². The minimum atomic E-state index is -0.907. The second-order valence-corrected chi connectivity index (χ2v) is 8.70. The molecular formula is C25H23FN4O4. The number of likely N-dealkylation sites (tertiary alicyclic amines) is 1. The second-order valence-electron chi connectivity index (χ2n) is 8.70. The number of allylic oxidation sites excluding steroid dienone is 1. The van der Waals surface area contributed by atoms with E-state index in [0.717, 1.165) is 12.1 Å². The van der Waals surface area contributed by atoms with Crippen LogP contribution in [0.2, 0.25) is 0 Å². The Morgan fingerprint density at radius 1 is 1.15 bits per heavy atom. The zero-order valence-corrected chi connectivity index (χ0v) is 18.3. The third kappa shape index (κ3) is 4.05. The fraction of sp³-hybridized carbons (Fsp3) is 0.280. The number of halogens is 1. The van der Waals surface area contributed by atoms with E-state index in [1.165, 1.54) is 12.1 Å². The van der Waals surface area contributed by atoms with Gasteiger partial charge in [0, 0.05) is 30.6 Å². The first-order valence-corrected chi connectivity index (χ1v) is 11.2. The number of rotatable bonds is 6. The maximum Gasteiger partial charge on any atom is 0.333 e. The summed E-state index contributed by atoms with van der Waals surface area (Å²) in [5.74, 6) is -1.91. The van der Waals surface area contributed by atoms with Gasteiger partial charge >= 0.3 is 5.97 Å². The Balaban J connectivity index is 1.30. The van der Waals surface area contributed by atoms with E-state index >= 15 is 0 Å². The van der Waals surface area contributed by atoms with Crippen LogP contribution in [0.5, 0.6) is 0 Å². The molecule has 5 rings (SSSR count). The quantitative estimate of drug-likeness (QED) is 0.519. The highest BCUT2D eigenvalue weighted by Gasteiger charge is 2.34. The number of aromatic nitrogens is 2. The van der Waals surface area contributed by atoms with Crippen molar-refractivity contribution < 1.29 is 19.1 Å². The lowest BCUT2D eigenvalue weighted by molar-refractivity contribution is -0.132. The van der Waals surface area contributed by atoms with Crippen LogP contribution < -0.4 is 10.9 Å². The van der Waals surface area contributed by atoms with Crippen molar-refractivity contribution >= 4 is 22.6 Å². The van der Waals surface area contributed by atoms with Gasteiger partial charge in [-0.15, -0.1) is 0 Å². The van der Waals surface area contributed by atoms with Gasteiger partial charge in [0.2, 0.25) is 0 Å². The molecule has 0 bridgehead atoms. The first kappa shape index (κ1) is 21.8. The Morgan fingerprint density at radius 3 is 2.68 bits per heavy atom. The van der Waals surface area contributed by atoms with E-state index in [0.29, 0.717) is 60.0 Å². The number of nitrogens with one attached hydrogen (secondary N) is 2. The molecule has 3 N–H and O–H groups in total. The minimum absolute atomic E-state index is 0.0176. The molecule has 9 heteroatoms. The van der Waals surface area contributed by atoms with Gasteiger partial charge in [-0.2, -0.15) is 5.10 Å². The minimum Gasteiger partial charge on any atom is -0.478 e. The number of aromatic amines is 1. The molecule has 8 nitrogen and oxygen atoms in total. The number of benzene rings is 2.